The Labute approximate surface area is 302 Å². The van der Waals surface area contributed by atoms with Crippen LogP contribution < -0.4 is 23.7 Å². The summed E-state index contributed by atoms with van der Waals surface area (Å²) in [7, 11) is 4.66. The van der Waals surface area contributed by atoms with E-state index in [4.69, 9.17) is 23.7 Å². The Morgan fingerprint density at radius 2 is 0.827 bits per heavy atom. The number of aliphatic hydroxyl groups excluding tert-OH is 1. The topological polar surface area (TPSA) is 101 Å². The SMILES string of the molecule is COc1ccc(-c2ccc(C(=O)Oc3cc(C)cc(OC)c3-c3c(OC)cc(C)cc3OC(=O)c3ccc(-c4ccc(CO)cc4)cc3)cc2)cc1. The lowest BCUT2D eigenvalue weighted by atomic mass is 9.97. The summed E-state index contributed by atoms with van der Waals surface area (Å²) < 4.78 is 29.1. The van der Waals surface area contributed by atoms with Gasteiger partial charge in [-0.05, 0) is 113 Å². The summed E-state index contributed by atoms with van der Waals surface area (Å²) in [6.07, 6.45) is 0. The van der Waals surface area contributed by atoms with E-state index < -0.39 is 11.9 Å². The first-order valence-electron chi connectivity index (χ1n) is 16.6. The van der Waals surface area contributed by atoms with Crippen LogP contribution in [0.3, 0.4) is 0 Å². The van der Waals surface area contributed by atoms with Crippen LogP contribution in [0.1, 0.15) is 37.4 Å². The summed E-state index contributed by atoms with van der Waals surface area (Å²) >= 11 is 0. The molecule has 0 aliphatic rings. The van der Waals surface area contributed by atoms with Crippen LogP contribution in [-0.4, -0.2) is 38.4 Å². The molecule has 262 valence electrons. The fourth-order valence-corrected chi connectivity index (χ4v) is 5.92. The molecule has 0 radical (unpaired) electrons. The van der Waals surface area contributed by atoms with Gasteiger partial charge in [-0.1, -0.05) is 60.7 Å². The predicted octanol–water partition coefficient (Wildman–Crippen LogP) is 9.26. The van der Waals surface area contributed by atoms with Crippen LogP contribution in [0, 0.1) is 13.8 Å². The lowest BCUT2D eigenvalue weighted by molar-refractivity contribution is 0.0722. The number of methoxy groups -OCH3 is 3. The number of esters is 2. The number of ether oxygens (including phenoxy) is 5. The van der Waals surface area contributed by atoms with Crippen LogP contribution in [-0.2, 0) is 6.61 Å². The second-order valence-corrected chi connectivity index (χ2v) is 12.2. The number of benzene rings is 6. The predicted molar refractivity (Wildman–Crippen MR) is 201 cm³/mol. The maximum absolute atomic E-state index is 13.7. The van der Waals surface area contributed by atoms with Gasteiger partial charge in [-0.15, -0.1) is 0 Å². The Hall–Kier alpha value is -6.38. The van der Waals surface area contributed by atoms with Crippen LogP contribution in [0.2, 0.25) is 0 Å². The molecule has 6 aromatic rings. The standard InChI is InChI=1S/C44H38O8/c1-27-22-37(49-4)41(39(24-27)51-43(46)34-14-10-31(11-15-34)30-8-6-29(26-45)7-9-30)42-38(50-5)23-28(2)25-40(42)52-44(47)35-16-12-32(13-17-35)33-18-20-36(48-3)21-19-33/h6-25,45H,26H2,1-5H3. The zero-order valence-electron chi connectivity index (χ0n) is 29.6. The third-order valence-electron chi connectivity index (χ3n) is 8.65. The molecule has 8 heteroatoms. The molecule has 6 rings (SSSR count). The van der Waals surface area contributed by atoms with E-state index in [1.807, 2.05) is 98.8 Å². The van der Waals surface area contributed by atoms with Crippen molar-refractivity contribution in [3.8, 4) is 62.1 Å². The highest BCUT2D eigenvalue weighted by Crippen LogP contribution is 2.49. The van der Waals surface area contributed by atoms with Crippen molar-refractivity contribution in [2.45, 2.75) is 20.5 Å². The minimum atomic E-state index is -0.586. The van der Waals surface area contributed by atoms with Crippen molar-refractivity contribution in [2.24, 2.45) is 0 Å². The monoisotopic (exact) mass is 694 g/mol. The van der Waals surface area contributed by atoms with Crippen molar-refractivity contribution in [2.75, 3.05) is 21.3 Å². The van der Waals surface area contributed by atoms with Gasteiger partial charge in [0.15, 0.2) is 0 Å². The number of carbonyl (C=O) groups is 2. The summed E-state index contributed by atoms with van der Waals surface area (Å²) in [5.41, 5.74) is 7.60. The van der Waals surface area contributed by atoms with E-state index in [0.717, 1.165) is 44.7 Å². The summed E-state index contributed by atoms with van der Waals surface area (Å²) in [5, 5.41) is 9.36. The highest BCUT2D eigenvalue weighted by molar-refractivity contribution is 5.97. The molecule has 0 amide bonds. The molecule has 0 saturated heterocycles. The molecule has 0 aromatic heterocycles. The van der Waals surface area contributed by atoms with E-state index in [2.05, 4.69) is 0 Å². The van der Waals surface area contributed by atoms with Gasteiger partial charge in [-0.3, -0.25) is 0 Å². The highest BCUT2D eigenvalue weighted by Gasteiger charge is 2.26. The molecule has 0 spiro atoms. The average Bonchev–Trinajstić information content (AvgIpc) is 3.18. The van der Waals surface area contributed by atoms with Gasteiger partial charge in [-0.2, -0.15) is 0 Å². The van der Waals surface area contributed by atoms with Crippen molar-refractivity contribution in [3.63, 3.8) is 0 Å². The molecule has 0 aliphatic carbocycles. The molecule has 8 nitrogen and oxygen atoms in total. The minimum Gasteiger partial charge on any atom is -0.497 e. The van der Waals surface area contributed by atoms with Crippen LogP contribution in [0.25, 0.3) is 33.4 Å². The first-order chi connectivity index (χ1) is 25.2. The van der Waals surface area contributed by atoms with Crippen LogP contribution in [0.4, 0.5) is 0 Å². The number of carbonyl (C=O) groups excluding carboxylic acids is 2. The minimum absolute atomic E-state index is 0.0327. The molecule has 0 fully saturated rings. The molecule has 0 unspecified atom stereocenters. The van der Waals surface area contributed by atoms with E-state index in [1.165, 1.54) is 14.2 Å². The molecular weight excluding hydrogens is 656 g/mol. The van der Waals surface area contributed by atoms with E-state index in [1.54, 1.807) is 43.5 Å². The molecule has 52 heavy (non-hydrogen) atoms. The molecule has 0 bridgehead atoms. The number of aliphatic hydroxyl groups is 1. The van der Waals surface area contributed by atoms with E-state index in [0.29, 0.717) is 33.8 Å². The Kier molecular flexibility index (Phi) is 10.7. The van der Waals surface area contributed by atoms with Crippen molar-refractivity contribution < 1.29 is 38.4 Å². The number of hydrogen-bond donors (Lipinski definition) is 1. The number of aryl methyl sites for hydroxylation is 2. The third-order valence-corrected chi connectivity index (χ3v) is 8.65. The van der Waals surface area contributed by atoms with Gasteiger partial charge in [-0.25, -0.2) is 9.59 Å². The lowest BCUT2D eigenvalue weighted by Gasteiger charge is -2.20. The summed E-state index contributed by atoms with van der Waals surface area (Å²) in [6, 6.07) is 36.5. The van der Waals surface area contributed by atoms with E-state index in [9.17, 15) is 14.7 Å². The fourth-order valence-electron chi connectivity index (χ4n) is 5.92. The smallest absolute Gasteiger partial charge is 0.343 e. The fraction of sp³-hybridized carbons (Fsp3) is 0.136. The highest BCUT2D eigenvalue weighted by atomic mass is 16.5. The lowest BCUT2D eigenvalue weighted by Crippen LogP contribution is -2.12. The first-order valence-corrected chi connectivity index (χ1v) is 16.6. The van der Waals surface area contributed by atoms with Crippen molar-refractivity contribution in [3.05, 3.63) is 149 Å². The average molecular weight is 695 g/mol. The Morgan fingerprint density at radius 1 is 0.481 bits per heavy atom. The molecule has 6 aromatic carbocycles. The van der Waals surface area contributed by atoms with Gasteiger partial charge < -0.3 is 28.8 Å². The maximum Gasteiger partial charge on any atom is 0.343 e. The molecule has 0 aliphatic heterocycles. The largest absolute Gasteiger partial charge is 0.497 e. The van der Waals surface area contributed by atoms with E-state index in [-0.39, 0.29) is 18.1 Å². The second-order valence-electron chi connectivity index (χ2n) is 12.2. The Bertz CT molecular complexity index is 2040. The number of rotatable bonds is 11. The van der Waals surface area contributed by atoms with E-state index >= 15 is 0 Å². The Balaban J connectivity index is 1.33. The quantitative estimate of drug-likeness (QED) is 0.106. The molecular formula is C44H38O8. The first kappa shape index (κ1) is 35.4. The van der Waals surface area contributed by atoms with Gasteiger partial charge in [0.1, 0.15) is 28.7 Å². The van der Waals surface area contributed by atoms with Crippen LogP contribution in [0.5, 0.6) is 28.7 Å². The van der Waals surface area contributed by atoms with Crippen molar-refractivity contribution in [1.82, 2.24) is 0 Å². The normalized spacial score (nSPS) is 10.7. The van der Waals surface area contributed by atoms with Gasteiger partial charge in [0, 0.05) is 0 Å². The maximum atomic E-state index is 13.7. The van der Waals surface area contributed by atoms with Crippen molar-refractivity contribution in [1.29, 1.82) is 0 Å². The van der Waals surface area contributed by atoms with Crippen LogP contribution >= 0.6 is 0 Å². The summed E-state index contributed by atoms with van der Waals surface area (Å²) in [4.78, 5) is 27.3. The third kappa shape index (κ3) is 7.67. The van der Waals surface area contributed by atoms with Gasteiger partial charge >= 0.3 is 11.9 Å². The Morgan fingerprint density at radius 3 is 1.17 bits per heavy atom. The molecule has 1 N–H and O–H groups in total. The van der Waals surface area contributed by atoms with Crippen molar-refractivity contribution >= 4 is 11.9 Å². The summed E-state index contributed by atoms with van der Waals surface area (Å²) in [6.45, 7) is 3.70. The zero-order chi connectivity index (χ0) is 36.8. The number of hydrogen-bond acceptors (Lipinski definition) is 8. The molecule has 0 heterocycles. The second kappa shape index (κ2) is 15.7. The zero-order valence-corrected chi connectivity index (χ0v) is 29.6. The molecule has 0 saturated carbocycles. The van der Waals surface area contributed by atoms with Gasteiger partial charge in [0.2, 0.25) is 0 Å². The molecule has 0 atom stereocenters. The summed E-state index contributed by atoms with van der Waals surface area (Å²) in [5.74, 6) is 0.795. The van der Waals surface area contributed by atoms with Gasteiger partial charge in [0.05, 0.1) is 50.2 Å². The van der Waals surface area contributed by atoms with Crippen LogP contribution in [0.15, 0.2) is 121 Å². The van der Waals surface area contributed by atoms with Gasteiger partial charge in [0.25, 0.3) is 0 Å².